The van der Waals surface area contributed by atoms with Crippen LogP contribution >= 0.6 is 0 Å². The minimum absolute atomic E-state index is 0.0617. The van der Waals surface area contributed by atoms with E-state index in [1.807, 2.05) is 6.92 Å². The van der Waals surface area contributed by atoms with Crippen molar-refractivity contribution in [1.29, 1.82) is 0 Å². The van der Waals surface area contributed by atoms with Crippen LogP contribution < -0.4 is 10.1 Å². The van der Waals surface area contributed by atoms with Crippen LogP contribution in [-0.4, -0.2) is 41.7 Å². The predicted octanol–water partition coefficient (Wildman–Crippen LogP) is 0.0673. The van der Waals surface area contributed by atoms with E-state index < -0.39 is 0 Å². The van der Waals surface area contributed by atoms with Gasteiger partial charge < -0.3 is 14.8 Å². The number of aromatic nitrogens is 2. The number of aryl methyl sites for hydroxylation is 1. The van der Waals surface area contributed by atoms with Crippen LogP contribution in [0.5, 0.6) is 5.88 Å². The van der Waals surface area contributed by atoms with Gasteiger partial charge in [-0.15, -0.1) is 0 Å². The van der Waals surface area contributed by atoms with Crippen LogP contribution in [0.1, 0.15) is 12.1 Å². The van der Waals surface area contributed by atoms with Crippen LogP contribution in [0.2, 0.25) is 0 Å². The Kier molecular flexibility index (Phi) is 3.53. The smallest absolute Gasteiger partial charge is 0.323 e. The standard InChI is InChI=1S/C11H15N3O3/c1-7-3-10(14-6-13-7)17-8-4-9(12-5-8)11(15)16-2/h3,6,8-9,12H,4-5H2,1-2H3. The largest absolute Gasteiger partial charge is 0.473 e. The van der Waals surface area contributed by atoms with Crippen molar-refractivity contribution >= 4 is 5.97 Å². The summed E-state index contributed by atoms with van der Waals surface area (Å²) in [6.07, 6.45) is 1.99. The maximum atomic E-state index is 11.3. The van der Waals surface area contributed by atoms with Crippen molar-refractivity contribution in [2.45, 2.75) is 25.5 Å². The van der Waals surface area contributed by atoms with E-state index in [1.54, 1.807) is 6.07 Å². The summed E-state index contributed by atoms with van der Waals surface area (Å²) in [7, 11) is 1.38. The first-order chi connectivity index (χ1) is 8.19. The van der Waals surface area contributed by atoms with Crippen LogP contribution in [0.4, 0.5) is 0 Å². The Labute approximate surface area is 99.4 Å². The van der Waals surface area contributed by atoms with Crippen molar-refractivity contribution < 1.29 is 14.3 Å². The zero-order valence-corrected chi connectivity index (χ0v) is 9.84. The maximum absolute atomic E-state index is 11.3. The average Bonchev–Trinajstić information content (AvgIpc) is 2.76. The third-order valence-corrected chi connectivity index (χ3v) is 2.64. The first kappa shape index (κ1) is 11.8. The summed E-state index contributed by atoms with van der Waals surface area (Å²) in [5.41, 5.74) is 0.852. The van der Waals surface area contributed by atoms with E-state index in [0.29, 0.717) is 18.8 Å². The molecule has 2 rings (SSSR count). The number of rotatable bonds is 3. The molecule has 1 saturated heterocycles. The molecule has 6 nitrogen and oxygen atoms in total. The number of esters is 1. The van der Waals surface area contributed by atoms with E-state index in [-0.39, 0.29) is 18.1 Å². The number of nitrogens with zero attached hydrogens (tertiary/aromatic N) is 2. The molecule has 1 fully saturated rings. The summed E-state index contributed by atoms with van der Waals surface area (Å²) in [5.74, 6) is 0.282. The fraction of sp³-hybridized carbons (Fsp3) is 0.545. The minimum Gasteiger partial charge on any atom is -0.473 e. The zero-order valence-electron chi connectivity index (χ0n) is 9.84. The molecule has 0 amide bonds. The molecule has 0 aromatic carbocycles. The summed E-state index contributed by atoms with van der Waals surface area (Å²) in [5, 5.41) is 3.05. The highest BCUT2D eigenvalue weighted by atomic mass is 16.5. The van der Waals surface area contributed by atoms with Gasteiger partial charge in [0.2, 0.25) is 5.88 Å². The first-order valence-electron chi connectivity index (χ1n) is 5.45. The summed E-state index contributed by atoms with van der Waals surface area (Å²) in [6.45, 7) is 2.49. The van der Waals surface area contributed by atoms with Gasteiger partial charge >= 0.3 is 5.97 Å². The molecule has 17 heavy (non-hydrogen) atoms. The molecular weight excluding hydrogens is 222 g/mol. The van der Waals surface area contributed by atoms with Gasteiger partial charge in [-0.3, -0.25) is 4.79 Å². The molecule has 0 spiro atoms. The lowest BCUT2D eigenvalue weighted by atomic mass is 10.2. The van der Waals surface area contributed by atoms with Gasteiger partial charge in [0.25, 0.3) is 0 Å². The fourth-order valence-corrected chi connectivity index (χ4v) is 1.78. The van der Waals surface area contributed by atoms with E-state index >= 15 is 0 Å². The minimum atomic E-state index is -0.284. The summed E-state index contributed by atoms with van der Waals surface area (Å²) in [4.78, 5) is 19.3. The number of carbonyl (C=O) groups excluding carboxylic acids is 1. The third-order valence-electron chi connectivity index (χ3n) is 2.64. The molecule has 1 aliphatic heterocycles. The zero-order chi connectivity index (χ0) is 12.3. The normalized spacial score (nSPS) is 23.4. The Morgan fingerprint density at radius 1 is 1.53 bits per heavy atom. The van der Waals surface area contributed by atoms with Gasteiger partial charge in [-0.25, -0.2) is 9.97 Å². The second-order valence-corrected chi connectivity index (χ2v) is 3.96. The average molecular weight is 237 g/mol. The lowest BCUT2D eigenvalue weighted by Crippen LogP contribution is -2.31. The topological polar surface area (TPSA) is 73.3 Å². The van der Waals surface area contributed by atoms with Crippen molar-refractivity contribution in [3.8, 4) is 5.88 Å². The molecular formula is C11H15N3O3. The van der Waals surface area contributed by atoms with E-state index in [4.69, 9.17) is 4.74 Å². The first-order valence-corrected chi connectivity index (χ1v) is 5.45. The van der Waals surface area contributed by atoms with Crippen molar-refractivity contribution in [3.05, 3.63) is 18.1 Å². The molecule has 0 aliphatic carbocycles. The molecule has 1 aliphatic rings. The number of ether oxygens (including phenoxy) is 2. The quantitative estimate of drug-likeness (QED) is 0.750. The second-order valence-electron chi connectivity index (χ2n) is 3.96. The van der Waals surface area contributed by atoms with Crippen molar-refractivity contribution in [1.82, 2.24) is 15.3 Å². The number of hydrogen-bond acceptors (Lipinski definition) is 6. The van der Waals surface area contributed by atoms with Gasteiger partial charge in [0.1, 0.15) is 18.5 Å². The number of methoxy groups -OCH3 is 1. The van der Waals surface area contributed by atoms with Crippen LogP contribution in [0.25, 0.3) is 0 Å². The van der Waals surface area contributed by atoms with Gasteiger partial charge in [0.15, 0.2) is 0 Å². The molecule has 0 saturated carbocycles. The van der Waals surface area contributed by atoms with E-state index in [1.165, 1.54) is 13.4 Å². The van der Waals surface area contributed by atoms with Gasteiger partial charge in [-0.2, -0.15) is 0 Å². The Morgan fingerprint density at radius 2 is 2.35 bits per heavy atom. The van der Waals surface area contributed by atoms with Crippen LogP contribution in [0.15, 0.2) is 12.4 Å². The van der Waals surface area contributed by atoms with E-state index in [0.717, 1.165) is 5.69 Å². The summed E-state index contributed by atoms with van der Waals surface area (Å²) >= 11 is 0. The molecule has 1 aromatic heterocycles. The molecule has 6 heteroatoms. The lowest BCUT2D eigenvalue weighted by molar-refractivity contribution is -0.142. The molecule has 0 bridgehead atoms. The van der Waals surface area contributed by atoms with Crippen LogP contribution in [0.3, 0.4) is 0 Å². The maximum Gasteiger partial charge on any atom is 0.323 e. The molecule has 1 aromatic rings. The second kappa shape index (κ2) is 5.09. The molecule has 1 N–H and O–H groups in total. The Morgan fingerprint density at radius 3 is 3.06 bits per heavy atom. The highest BCUT2D eigenvalue weighted by Gasteiger charge is 2.31. The van der Waals surface area contributed by atoms with Crippen molar-refractivity contribution in [2.75, 3.05) is 13.7 Å². The van der Waals surface area contributed by atoms with Gasteiger partial charge in [0, 0.05) is 24.7 Å². The molecule has 2 atom stereocenters. The number of hydrogen-bond donors (Lipinski definition) is 1. The van der Waals surface area contributed by atoms with Gasteiger partial charge in [-0.05, 0) is 6.92 Å². The van der Waals surface area contributed by atoms with Crippen LogP contribution in [-0.2, 0) is 9.53 Å². The Bertz CT molecular complexity index is 411. The lowest BCUT2D eigenvalue weighted by Gasteiger charge is -2.11. The highest BCUT2D eigenvalue weighted by Crippen LogP contribution is 2.15. The molecule has 92 valence electrons. The Hall–Kier alpha value is -1.69. The molecule has 2 unspecified atom stereocenters. The SMILES string of the molecule is COC(=O)C1CC(Oc2cc(C)ncn2)CN1. The van der Waals surface area contributed by atoms with Crippen molar-refractivity contribution in [3.63, 3.8) is 0 Å². The van der Waals surface area contributed by atoms with Gasteiger partial charge in [0.05, 0.1) is 7.11 Å². The van der Waals surface area contributed by atoms with Gasteiger partial charge in [-0.1, -0.05) is 0 Å². The fourth-order valence-electron chi connectivity index (χ4n) is 1.78. The monoisotopic (exact) mass is 237 g/mol. The third kappa shape index (κ3) is 2.91. The molecule has 2 heterocycles. The summed E-state index contributed by atoms with van der Waals surface area (Å²) in [6, 6.07) is 1.48. The highest BCUT2D eigenvalue weighted by molar-refractivity contribution is 5.76. The van der Waals surface area contributed by atoms with Crippen LogP contribution in [0, 0.1) is 6.92 Å². The van der Waals surface area contributed by atoms with E-state index in [9.17, 15) is 4.79 Å². The number of nitrogens with one attached hydrogen (secondary N) is 1. The Balaban J connectivity index is 1.92. The number of carbonyl (C=O) groups is 1. The predicted molar refractivity (Wildman–Crippen MR) is 59.6 cm³/mol. The van der Waals surface area contributed by atoms with Crippen molar-refractivity contribution in [2.24, 2.45) is 0 Å². The molecule has 0 radical (unpaired) electrons. The summed E-state index contributed by atoms with van der Waals surface area (Å²) < 4.78 is 10.3. The van der Waals surface area contributed by atoms with E-state index in [2.05, 4.69) is 20.0 Å².